The molecule has 0 atom stereocenters. The van der Waals surface area contributed by atoms with Gasteiger partial charge in [-0.3, -0.25) is 4.79 Å². The second-order valence-electron chi connectivity index (χ2n) is 4.30. The van der Waals surface area contributed by atoms with Gasteiger partial charge in [0, 0.05) is 16.5 Å². The summed E-state index contributed by atoms with van der Waals surface area (Å²) in [6.07, 6.45) is 0. The van der Waals surface area contributed by atoms with Crippen LogP contribution in [0.1, 0.15) is 15.9 Å². The van der Waals surface area contributed by atoms with Crippen LogP contribution < -0.4 is 10.1 Å². The van der Waals surface area contributed by atoms with Crippen LogP contribution in [0.2, 0.25) is 0 Å². The van der Waals surface area contributed by atoms with Crippen molar-refractivity contribution in [2.75, 3.05) is 12.4 Å². The molecule has 1 N–H and O–H groups in total. The lowest BCUT2D eigenvalue weighted by molar-refractivity contribution is 0.102. The van der Waals surface area contributed by atoms with Crippen molar-refractivity contribution < 1.29 is 13.9 Å². The van der Waals surface area contributed by atoms with Crippen molar-refractivity contribution in [2.24, 2.45) is 0 Å². The third-order valence-corrected chi connectivity index (χ3v) is 3.17. The Morgan fingerprint density at radius 1 is 1.25 bits per heavy atom. The van der Waals surface area contributed by atoms with Crippen LogP contribution in [0.25, 0.3) is 0 Å². The molecule has 20 heavy (non-hydrogen) atoms. The number of nitrogens with one attached hydrogen (secondary N) is 1. The molecule has 0 unspecified atom stereocenters. The lowest BCUT2D eigenvalue weighted by atomic mass is 10.1. The Morgan fingerprint density at radius 3 is 2.70 bits per heavy atom. The number of halogens is 1. The maximum atomic E-state index is 13.7. The Balaban J connectivity index is 2.30. The number of carbonyl (C=O) groups excluding carboxylic acids is 1. The Labute approximate surface area is 122 Å². The van der Waals surface area contributed by atoms with Crippen LogP contribution in [0.5, 0.6) is 5.75 Å². The highest BCUT2D eigenvalue weighted by atomic mass is 32.1. The van der Waals surface area contributed by atoms with Crippen LogP contribution in [0.4, 0.5) is 10.1 Å². The SMILES string of the molecule is COc1ccc(F)c(NC(=O)c2cc(S)ccc2C)c1. The zero-order valence-corrected chi connectivity index (χ0v) is 12.0. The first-order chi connectivity index (χ1) is 9.51. The van der Waals surface area contributed by atoms with Gasteiger partial charge < -0.3 is 10.1 Å². The summed E-state index contributed by atoms with van der Waals surface area (Å²) in [6, 6.07) is 9.40. The van der Waals surface area contributed by atoms with Crippen LogP contribution in [0, 0.1) is 12.7 Å². The molecule has 0 bridgehead atoms. The van der Waals surface area contributed by atoms with Crippen molar-refractivity contribution in [3.8, 4) is 5.75 Å². The van der Waals surface area contributed by atoms with E-state index in [1.54, 1.807) is 18.2 Å². The first-order valence-electron chi connectivity index (χ1n) is 5.96. The smallest absolute Gasteiger partial charge is 0.256 e. The maximum absolute atomic E-state index is 13.7. The predicted octanol–water partition coefficient (Wildman–Crippen LogP) is 3.68. The fourth-order valence-electron chi connectivity index (χ4n) is 1.77. The van der Waals surface area contributed by atoms with E-state index < -0.39 is 5.82 Å². The normalized spacial score (nSPS) is 10.2. The highest BCUT2D eigenvalue weighted by molar-refractivity contribution is 7.80. The van der Waals surface area contributed by atoms with Gasteiger partial charge in [0.1, 0.15) is 11.6 Å². The highest BCUT2D eigenvalue weighted by Gasteiger charge is 2.12. The molecule has 0 aliphatic carbocycles. The van der Waals surface area contributed by atoms with Gasteiger partial charge in [-0.2, -0.15) is 0 Å². The summed E-state index contributed by atoms with van der Waals surface area (Å²) in [4.78, 5) is 12.9. The summed E-state index contributed by atoms with van der Waals surface area (Å²) in [5, 5.41) is 2.54. The van der Waals surface area contributed by atoms with E-state index in [2.05, 4.69) is 17.9 Å². The van der Waals surface area contributed by atoms with E-state index in [-0.39, 0.29) is 11.6 Å². The molecule has 0 aromatic heterocycles. The molecule has 0 saturated heterocycles. The Hall–Kier alpha value is -2.01. The number of carbonyl (C=O) groups is 1. The average Bonchev–Trinajstić information content (AvgIpc) is 2.43. The van der Waals surface area contributed by atoms with Crippen LogP contribution in [-0.4, -0.2) is 13.0 Å². The standard InChI is InChI=1S/C15H14FNO2S/c1-9-3-5-11(20)8-12(9)15(18)17-14-7-10(19-2)4-6-13(14)16/h3-8,20H,1-2H3,(H,17,18). The number of hydrogen-bond donors (Lipinski definition) is 2. The summed E-state index contributed by atoms with van der Waals surface area (Å²) in [5.74, 6) is -0.425. The number of amides is 1. The highest BCUT2D eigenvalue weighted by Crippen LogP contribution is 2.22. The van der Waals surface area contributed by atoms with Crippen LogP contribution in [0.3, 0.4) is 0 Å². The zero-order chi connectivity index (χ0) is 14.7. The monoisotopic (exact) mass is 291 g/mol. The Kier molecular flexibility index (Phi) is 4.29. The van der Waals surface area contributed by atoms with E-state index in [1.165, 1.54) is 25.3 Å². The molecule has 1 amide bonds. The van der Waals surface area contributed by atoms with E-state index in [9.17, 15) is 9.18 Å². The van der Waals surface area contributed by atoms with Crippen molar-refractivity contribution >= 4 is 24.2 Å². The van der Waals surface area contributed by atoms with Gasteiger partial charge in [0.25, 0.3) is 5.91 Å². The summed E-state index contributed by atoms with van der Waals surface area (Å²) in [7, 11) is 1.48. The third kappa shape index (κ3) is 3.11. The molecule has 0 radical (unpaired) electrons. The average molecular weight is 291 g/mol. The van der Waals surface area contributed by atoms with E-state index >= 15 is 0 Å². The predicted molar refractivity (Wildman–Crippen MR) is 79.3 cm³/mol. The van der Waals surface area contributed by atoms with Gasteiger partial charge in [-0.25, -0.2) is 4.39 Å². The first kappa shape index (κ1) is 14.4. The van der Waals surface area contributed by atoms with Crippen LogP contribution in [0.15, 0.2) is 41.3 Å². The number of methoxy groups -OCH3 is 1. The fourth-order valence-corrected chi connectivity index (χ4v) is 1.98. The van der Waals surface area contributed by atoms with E-state index in [4.69, 9.17) is 4.74 Å². The molecule has 0 spiro atoms. The van der Waals surface area contributed by atoms with Gasteiger partial charge >= 0.3 is 0 Å². The summed E-state index contributed by atoms with van der Waals surface area (Å²) in [5.41, 5.74) is 1.33. The number of ether oxygens (including phenoxy) is 1. The molecule has 2 rings (SSSR count). The summed E-state index contributed by atoms with van der Waals surface area (Å²) in [6.45, 7) is 1.81. The minimum Gasteiger partial charge on any atom is -0.497 e. The van der Waals surface area contributed by atoms with Gasteiger partial charge in [0.2, 0.25) is 0 Å². The van der Waals surface area contributed by atoms with Crippen molar-refractivity contribution in [3.63, 3.8) is 0 Å². The third-order valence-electron chi connectivity index (χ3n) is 2.89. The minimum atomic E-state index is -0.515. The molecule has 104 valence electrons. The number of hydrogen-bond acceptors (Lipinski definition) is 3. The first-order valence-corrected chi connectivity index (χ1v) is 6.40. The molecule has 0 aliphatic rings. The quantitative estimate of drug-likeness (QED) is 0.847. The van der Waals surface area contributed by atoms with E-state index in [1.807, 2.05) is 6.92 Å². The van der Waals surface area contributed by atoms with Crippen molar-refractivity contribution in [1.82, 2.24) is 0 Å². The Morgan fingerprint density at radius 2 is 2.00 bits per heavy atom. The molecule has 0 fully saturated rings. The molecule has 0 heterocycles. The van der Waals surface area contributed by atoms with E-state index in [0.717, 1.165) is 5.56 Å². The lowest BCUT2D eigenvalue weighted by Gasteiger charge is -2.10. The van der Waals surface area contributed by atoms with Crippen LogP contribution in [-0.2, 0) is 0 Å². The van der Waals surface area contributed by atoms with Crippen LogP contribution >= 0.6 is 12.6 Å². The molecule has 2 aromatic carbocycles. The van der Waals surface area contributed by atoms with Gasteiger partial charge in [-0.05, 0) is 36.8 Å². The molecular weight excluding hydrogens is 277 g/mol. The number of aryl methyl sites for hydroxylation is 1. The second kappa shape index (κ2) is 5.96. The number of benzene rings is 2. The fraction of sp³-hybridized carbons (Fsp3) is 0.133. The van der Waals surface area contributed by atoms with Crippen molar-refractivity contribution in [3.05, 3.63) is 53.3 Å². The molecular formula is C15H14FNO2S. The topological polar surface area (TPSA) is 38.3 Å². The number of thiol groups is 1. The van der Waals surface area contributed by atoms with Gasteiger partial charge in [0.05, 0.1) is 12.8 Å². The lowest BCUT2D eigenvalue weighted by Crippen LogP contribution is -2.14. The minimum absolute atomic E-state index is 0.0818. The second-order valence-corrected chi connectivity index (χ2v) is 4.82. The Bertz CT molecular complexity index is 658. The molecule has 0 saturated carbocycles. The molecule has 5 heteroatoms. The number of rotatable bonds is 3. The summed E-state index contributed by atoms with van der Waals surface area (Å²) < 4.78 is 18.7. The van der Waals surface area contributed by atoms with Gasteiger partial charge in [-0.1, -0.05) is 6.07 Å². The summed E-state index contributed by atoms with van der Waals surface area (Å²) >= 11 is 4.20. The van der Waals surface area contributed by atoms with E-state index in [0.29, 0.717) is 16.2 Å². The molecule has 3 nitrogen and oxygen atoms in total. The van der Waals surface area contributed by atoms with Gasteiger partial charge in [-0.15, -0.1) is 12.6 Å². The van der Waals surface area contributed by atoms with Crippen molar-refractivity contribution in [1.29, 1.82) is 0 Å². The van der Waals surface area contributed by atoms with Gasteiger partial charge in [0.15, 0.2) is 0 Å². The number of anilines is 1. The largest absolute Gasteiger partial charge is 0.497 e. The molecule has 2 aromatic rings. The zero-order valence-electron chi connectivity index (χ0n) is 11.1. The maximum Gasteiger partial charge on any atom is 0.256 e. The van der Waals surface area contributed by atoms with Crippen molar-refractivity contribution in [2.45, 2.75) is 11.8 Å². The molecule has 0 aliphatic heterocycles.